The van der Waals surface area contributed by atoms with Crippen LogP contribution >= 0.6 is 0 Å². The molecule has 1 unspecified atom stereocenters. The van der Waals surface area contributed by atoms with Crippen LogP contribution in [0.3, 0.4) is 0 Å². The molecule has 0 radical (unpaired) electrons. The zero-order valence-corrected chi connectivity index (χ0v) is 21.6. The van der Waals surface area contributed by atoms with Crippen molar-refractivity contribution in [3.63, 3.8) is 0 Å². The fourth-order valence-corrected chi connectivity index (χ4v) is 4.19. The number of anilines is 1. The van der Waals surface area contributed by atoms with Crippen LogP contribution in [0.15, 0.2) is 48.4 Å². The molecule has 0 bridgehead atoms. The summed E-state index contributed by atoms with van der Waals surface area (Å²) in [5, 5.41) is 4.19. The summed E-state index contributed by atoms with van der Waals surface area (Å²) >= 11 is 0. The number of aryl methyl sites for hydroxylation is 2. The molecule has 37 heavy (non-hydrogen) atoms. The van der Waals surface area contributed by atoms with Crippen molar-refractivity contribution >= 4 is 23.2 Å². The highest BCUT2D eigenvalue weighted by Gasteiger charge is 2.32. The molecule has 0 aliphatic carbocycles. The van der Waals surface area contributed by atoms with Gasteiger partial charge in [-0.3, -0.25) is 14.5 Å². The summed E-state index contributed by atoms with van der Waals surface area (Å²) in [5.74, 6) is 0.573. The maximum atomic E-state index is 15.7. The molecule has 11 heteroatoms. The van der Waals surface area contributed by atoms with Crippen molar-refractivity contribution in [3.8, 4) is 22.8 Å². The van der Waals surface area contributed by atoms with Crippen molar-refractivity contribution in [1.29, 1.82) is 0 Å². The predicted octanol–water partition coefficient (Wildman–Crippen LogP) is 3.69. The van der Waals surface area contributed by atoms with Gasteiger partial charge in [0.1, 0.15) is 11.6 Å². The van der Waals surface area contributed by atoms with Gasteiger partial charge in [0.2, 0.25) is 5.91 Å². The van der Waals surface area contributed by atoms with Gasteiger partial charge < -0.3 is 19.3 Å². The Hall–Kier alpha value is -4.28. The molecule has 1 fully saturated rings. The number of benzene rings is 1. The number of likely N-dealkylation sites (tertiary alicyclic amines) is 1. The number of methoxy groups -OCH3 is 2. The molecular formula is C26H30FN7O3. The molecule has 3 aromatic rings. The van der Waals surface area contributed by atoms with Crippen molar-refractivity contribution in [2.75, 3.05) is 32.7 Å². The van der Waals surface area contributed by atoms with Crippen molar-refractivity contribution in [3.05, 3.63) is 54.9 Å². The van der Waals surface area contributed by atoms with Gasteiger partial charge in [0.25, 0.3) is 0 Å². The van der Waals surface area contributed by atoms with E-state index < -0.39 is 5.82 Å². The number of aromatic nitrogens is 4. The predicted molar refractivity (Wildman–Crippen MR) is 139 cm³/mol. The first-order chi connectivity index (χ1) is 17.7. The van der Waals surface area contributed by atoms with E-state index in [0.29, 0.717) is 41.6 Å². The minimum Gasteiger partial charge on any atom is -0.497 e. The average Bonchev–Trinajstić information content (AvgIpc) is 3.47. The summed E-state index contributed by atoms with van der Waals surface area (Å²) in [4.78, 5) is 29.5. The van der Waals surface area contributed by atoms with Crippen LogP contribution in [0.1, 0.15) is 18.5 Å². The number of halogens is 1. The van der Waals surface area contributed by atoms with Gasteiger partial charge in [-0.25, -0.2) is 14.4 Å². The second-order valence-corrected chi connectivity index (χ2v) is 8.71. The number of hydrogen-bond donors (Lipinski definition) is 0. The van der Waals surface area contributed by atoms with Gasteiger partial charge in [-0.05, 0) is 19.4 Å². The van der Waals surface area contributed by atoms with Gasteiger partial charge in [0.05, 0.1) is 43.7 Å². The summed E-state index contributed by atoms with van der Waals surface area (Å²) in [6.07, 6.45) is 7.77. The monoisotopic (exact) mass is 507 g/mol. The van der Waals surface area contributed by atoms with E-state index in [1.807, 2.05) is 13.2 Å². The van der Waals surface area contributed by atoms with Crippen LogP contribution in [0.5, 0.6) is 11.5 Å². The van der Waals surface area contributed by atoms with Gasteiger partial charge in [0.15, 0.2) is 17.4 Å². The van der Waals surface area contributed by atoms with Crippen LogP contribution in [-0.4, -0.2) is 70.2 Å². The Bertz CT molecular complexity index is 1350. The molecule has 10 nitrogen and oxygen atoms in total. The van der Waals surface area contributed by atoms with Crippen LogP contribution in [0.25, 0.3) is 11.3 Å². The molecule has 1 amide bonds. The lowest BCUT2D eigenvalue weighted by Crippen LogP contribution is -2.42. The molecule has 1 atom stereocenters. The summed E-state index contributed by atoms with van der Waals surface area (Å²) in [5.41, 5.74) is 2.15. The third-order valence-electron chi connectivity index (χ3n) is 6.38. The zero-order chi connectivity index (χ0) is 26.7. The molecule has 0 N–H and O–H groups in total. The highest BCUT2D eigenvalue weighted by atomic mass is 19.1. The first-order valence-corrected chi connectivity index (χ1v) is 11.7. The molecule has 2 aromatic heterocycles. The number of hydrogen-bond acceptors (Lipinski definition) is 7. The number of rotatable bonds is 8. The number of ether oxygens (including phenoxy) is 2. The van der Waals surface area contributed by atoms with E-state index in [1.165, 1.54) is 26.4 Å². The number of aliphatic imine (C=N–C) groups is 1. The van der Waals surface area contributed by atoms with Crippen molar-refractivity contribution < 1.29 is 18.7 Å². The van der Waals surface area contributed by atoms with Gasteiger partial charge >= 0.3 is 0 Å². The summed E-state index contributed by atoms with van der Waals surface area (Å²) < 4.78 is 28.0. The van der Waals surface area contributed by atoms with E-state index in [0.717, 1.165) is 5.56 Å². The van der Waals surface area contributed by atoms with E-state index >= 15 is 4.39 Å². The molecule has 0 spiro atoms. The fourth-order valence-electron chi connectivity index (χ4n) is 4.19. The molecule has 3 heterocycles. The van der Waals surface area contributed by atoms with Gasteiger partial charge in [-0.15, -0.1) is 0 Å². The third kappa shape index (κ3) is 5.30. The van der Waals surface area contributed by atoms with E-state index in [1.54, 1.807) is 46.9 Å². The Morgan fingerprint density at radius 3 is 2.68 bits per heavy atom. The largest absolute Gasteiger partial charge is 0.497 e. The first-order valence-electron chi connectivity index (χ1n) is 11.7. The fraction of sp³-hybridized carbons (Fsp3) is 0.346. The SMILES string of the molecule is C=C/C(=N\c1nc(-c2cnn(C)c2)cnc1C)N(CC1CCC(=O)N1C)c1cc(OC)cc(OC)c1F. The maximum Gasteiger partial charge on any atom is 0.222 e. The lowest BCUT2D eigenvalue weighted by Gasteiger charge is -2.31. The smallest absolute Gasteiger partial charge is 0.222 e. The number of likely N-dealkylation sites (N-methyl/N-ethyl adjacent to an activating group) is 1. The Balaban J connectivity index is 1.84. The molecule has 194 valence electrons. The minimum absolute atomic E-state index is 0.0214. The van der Waals surface area contributed by atoms with Crippen LogP contribution in [-0.2, 0) is 11.8 Å². The average molecular weight is 508 g/mol. The van der Waals surface area contributed by atoms with Gasteiger partial charge in [0, 0.05) is 57.0 Å². The standard InChI is InChI=1S/C26H30FN7O3/c1-7-23(31-26-16(2)28-13-20(30-26)17-12-29-32(3)14-17)34(15-18-8-9-24(35)33(18)4)21-10-19(36-5)11-22(37-6)25(21)27/h7,10-14,18H,1,8-9,15H2,2-6H3/b31-23+. The number of carbonyl (C=O) groups excluding carboxylic acids is 1. The molecule has 1 aliphatic rings. The normalized spacial score (nSPS) is 15.7. The Kier molecular flexibility index (Phi) is 7.51. The van der Waals surface area contributed by atoms with E-state index in [2.05, 4.69) is 21.6 Å². The van der Waals surface area contributed by atoms with Crippen LogP contribution in [0.2, 0.25) is 0 Å². The molecule has 0 saturated carbocycles. The molecular weight excluding hydrogens is 477 g/mol. The van der Waals surface area contributed by atoms with E-state index in [9.17, 15) is 4.79 Å². The van der Waals surface area contributed by atoms with Crippen molar-refractivity contribution in [2.24, 2.45) is 12.0 Å². The highest BCUT2D eigenvalue weighted by molar-refractivity contribution is 6.07. The van der Waals surface area contributed by atoms with E-state index in [-0.39, 0.29) is 29.9 Å². The Morgan fingerprint density at radius 2 is 2.08 bits per heavy atom. The number of amidine groups is 1. The number of amides is 1. The lowest BCUT2D eigenvalue weighted by atomic mass is 10.1. The van der Waals surface area contributed by atoms with Gasteiger partial charge in [-0.1, -0.05) is 6.58 Å². The number of nitrogens with zero attached hydrogens (tertiary/aromatic N) is 7. The van der Waals surface area contributed by atoms with Crippen molar-refractivity contribution in [2.45, 2.75) is 25.8 Å². The van der Waals surface area contributed by atoms with Crippen LogP contribution in [0, 0.1) is 12.7 Å². The second-order valence-electron chi connectivity index (χ2n) is 8.71. The molecule has 1 aromatic carbocycles. The quantitative estimate of drug-likeness (QED) is 0.339. The van der Waals surface area contributed by atoms with Crippen LogP contribution in [0.4, 0.5) is 15.9 Å². The first kappa shape index (κ1) is 25.8. The van der Waals surface area contributed by atoms with Gasteiger partial charge in [-0.2, -0.15) is 5.10 Å². The molecule has 1 aliphatic heterocycles. The Morgan fingerprint density at radius 1 is 1.30 bits per heavy atom. The Labute approximate surface area is 215 Å². The number of carbonyl (C=O) groups is 1. The topological polar surface area (TPSA) is 98.0 Å². The minimum atomic E-state index is -0.586. The van der Waals surface area contributed by atoms with Crippen LogP contribution < -0.4 is 14.4 Å². The maximum absolute atomic E-state index is 15.7. The second kappa shape index (κ2) is 10.8. The van der Waals surface area contributed by atoms with Crippen molar-refractivity contribution in [1.82, 2.24) is 24.6 Å². The highest BCUT2D eigenvalue weighted by Crippen LogP contribution is 2.35. The zero-order valence-electron chi connectivity index (χ0n) is 21.6. The molecule has 4 rings (SSSR count). The summed E-state index contributed by atoms with van der Waals surface area (Å²) in [6, 6.07) is 2.88. The summed E-state index contributed by atoms with van der Waals surface area (Å²) in [6.45, 7) is 6.01. The molecule has 1 saturated heterocycles. The van der Waals surface area contributed by atoms with E-state index in [4.69, 9.17) is 14.5 Å². The lowest BCUT2D eigenvalue weighted by molar-refractivity contribution is -0.127. The third-order valence-corrected chi connectivity index (χ3v) is 6.38. The summed E-state index contributed by atoms with van der Waals surface area (Å²) in [7, 11) is 6.45.